The van der Waals surface area contributed by atoms with Gasteiger partial charge in [-0.05, 0) is 38.1 Å². The zero-order chi connectivity index (χ0) is 16.3. The highest BCUT2D eigenvalue weighted by Crippen LogP contribution is 2.22. The van der Waals surface area contributed by atoms with Crippen LogP contribution in [-0.4, -0.2) is 21.5 Å². The molecule has 0 bridgehead atoms. The van der Waals surface area contributed by atoms with E-state index in [1.807, 2.05) is 13.8 Å². The van der Waals surface area contributed by atoms with Gasteiger partial charge in [-0.2, -0.15) is 0 Å². The lowest BCUT2D eigenvalue weighted by atomic mass is 10.1. The average molecular weight is 319 g/mol. The summed E-state index contributed by atoms with van der Waals surface area (Å²) in [5, 5.41) is 0. The second-order valence-electron chi connectivity index (χ2n) is 4.96. The molecule has 5 nitrogen and oxygen atoms in total. The molecule has 0 heterocycles. The molecule has 0 saturated carbocycles. The van der Waals surface area contributed by atoms with Gasteiger partial charge in [-0.15, -0.1) is 0 Å². The molecular weight excluding hydrogens is 302 g/mol. The first-order valence-electron chi connectivity index (χ1n) is 6.62. The highest BCUT2D eigenvalue weighted by Gasteiger charge is 2.19. The van der Waals surface area contributed by atoms with Crippen LogP contribution in [0, 0.1) is 13.8 Å². The fourth-order valence-corrected chi connectivity index (χ4v) is 3.03. The maximum Gasteiger partial charge on any atom is 0.340 e. The number of rotatable bonds is 4. The van der Waals surface area contributed by atoms with Crippen LogP contribution in [0.1, 0.15) is 21.5 Å². The van der Waals surface area contributed by atoms with Crippen molar-refractivity contribution in [3.05, 3.63) is 59.2 Å². The Morgan fingerprint density at radius 3 is 2.18 bits per heavy atom. The first-order chi connectivity index (χ1) is 10.3. The highest BCUT2D eigenvalue weighted by molar-refractivity contribution is 7.92. The van der Waals surface area contributed by atoms with Crippen LogP contribution in [0.25, 0.3) is 0 Å². The molecule has 0 saturated heterocycles. The second kappa shape index (κ2) is 6.19. The number of aryl methyl sites for hydroxylation is 2. The van der Waals surface area contributed by atoms with Crippen LogP contribution >= 0.6 is 0 Å². The van der Waals surface area contributed by atoms with E-state index < -0.39 is 16.0 Å². The van der Waals surface area contributed by atoms with E-state index in [-0.39, 0.29) is 16.1 Å². The zero-order valence-corrected chi connectivity index (χ0v) is 13.4. The van der Waals surface area contributed by atoms with E-state index in [1.54, 1.807) is 30.3 Å². The summed E-state index contributed by atoms with van der Waals surface area (Å²) in [5.74, 6) is -0.592. The zero-order valence-electron chi connectivity index (χ0n) is 12.6. The number of esters is 1. The van der Waals surface area contributed by atoms with Gasteiger partial charge in [0, 0.05) is 0 Å². The molecule has 0 spiro atoms. The Morgan fingerprint density at radius 2 is 1.59 bits per heavy atom. The standard InChI is InChI=1S/C16H17NO4S/c1-11-4-7-13(8-5-11)22(19,20)17-15-9-6-12(2)10-14(15)16(18)21-3/h4-10,17H,1-3H3. The van der Waals surface area contributed by atoms with Gasteiger partial charge in [0.15, 0.2) is 0 Å². The molecule has 2 aromatic carbocycles. The van der Waals surface area contributed by atoms with Crippen LogP contribution in [0.5, 0.6) is 0 Å². The number of ether oxygens (including phenoxy) is 1. The Hall–Kier alpha value is -2.34. The van der Waals surface area contributed by atoms with Crippen molar-refractivity contribution in [2.75, 3.05) is 11.8 Å². The Labute approximate surface area is 130 Å². The molecule has 1 N–H and O–H groups in total. The van der Waals surface area contributed by atoms with Gasteiger partial charge >= 0.3 is 5.97 Å². The topological polar surface area (TPSA) is 72.5 Å². The van der Waals surface area contributed by atoms with E-state index in [0.717, 1.165) is 11.1 Å². The molecule has 0 atom stereocenters. The molecule has 0 aromatic heterocycles. The molecular formula is C16H17NO4S. The van der Waals surface area contributed by atoms with Gasteiger partial charge in [0.05, 0.1) is 23.3 Å². The van der Waals surface area contributed by atoms with Gasteiger partial charge in [-0.25, -0.2) is 13.2 Å². The molecule has 0 fully saturated rings. The summed E-state index contributed by atoms with van der Waals surface area (Å²) in [6.45, 7) is 3.68. The van der Waals surface area contributed by atoms with Crippen LogP contribution in [0.2, 0.25) is 0 Å². The van der Waals surface area contributed by atoms with Crippen LogP contribution in [0.15, 0.2) is 47.4 Å². The summed E-state index contributed by atoms with van der Waals surface area (Å²) in [6, 6.07) is 11.3. The molecule has 0 aliphatic heterocycles. The SMILES string of the molecule is COC(=O)c1cc(C)ccc1NS(=O)(=O)c1ccc(C)cc1. The molecule has 22 heavy (non-hydrogen) atoms. The van der Waals surface area contributed by atoms with Gasteiger partial charge in [-0.1, -0.05) is 29.3 Å². The van der Waals surface area contributed by atoms with Crippen LogP contribution in [0.4, 0.5) is 5.69 Å². The van der Waals surface area contributed by atoms with Gasteiger partial charge < -0.3 is 4.74 Å². The van der Waals surface area contributed by atoms with Crippen LogP contribution < -0.4 is 4.72 Å². The van der Waals surface area contributed by atoms with E-state index in [9.17, 15) is 13.2 Å². The minimum absolute atomic E-state index is 0.134. The summed E-state index contributed by atoms with van der Waals surface area (Å²) in [4.78, 5) is 11.9. The normalized spacial score (nSPS) is 11.0. The maximum atomic E-state index is 12.4. The molecule has 116 valence electrons. The number of benzene rings is 2. The van der Waals surface area contributed by atoms with E-state index >= 15 is 0 Å². The molecule has 0 unspecified atom stereocenters. The maximum absolute atomic E-state index is 12.4. The number of methoxy groups -OCH3 is 1. The van der Waals surface area contributed by atoms with Gasteiger partial charge in [-0.3, -0.25) is 4.72 Å². The number of anilines is 1. The number of sulfonamides is 1. The Morgan fingerprint density at radius 1 is 1.00 bits per heavy atom. The molecule has 0 amide bonds. The number of carbonyl (C=O) groups is 1. The summed E-state index contributed by atoms with van der Waals surface area (Å²) >= 11 is 0. The molecule has 2 aromatic rings. The number of nitrogens with one attached hydrogen (secondary N) is 1. The van der Waals surface area contributed by atoms with Crippen molar-refractivity contribution < 1.29 is 17.9 Å². The summed E-state index contributed by atoms with van der Waals surface area (Å²) in [7, 11) is -2.51. The number of hydrogen-bond donors (Lipinski definition) is 1. The van der Waals surface area contributed by atoms with Crippen molar-refractivity contribution >= 4 is 21.7 Å². The number of carbonyl (C=O) groups excluding carboxylic acids is 1. The average Bonchev–Trinajstić information content (AvgIpc) is 2.48. The van der Waals surface area contributed by atoms with E-state index in [1.165, 1.54) is 19.2 Å². The minimum Gasteiger partial charge on any atom is -0.465 e. The molecule has 0 radical (unpaired) electrons. The van der Waals surface area contributed by atoms with Crippen LogP contribution in [-0.2, 0) is 14.8 Å². The highest BCUT2D eigenvalue weighted by atomic mass is 32.2. The second-order valence-corrected chi connectivity index (χ2v) is 6.64. The smallest absolute Gasteiger partial charge is 0.340 e. The van der Waals surface area contributed by atoms with Gasteiger partial charge in [0.1, 0.15) is 0 Å². The van der Waals surface area contributed by atoms with Crippen molar-refractivity contribution in [2.24, 2.45) is 0 Å². The summed E-state index contributed by atoms with van der Waals surface area (Å²) in [5.41, 5.74) is 2.17. The third kappa shape index (κ3) is 3.46. The van der Waals surface area contributed by atoms with Crippen molar-refractivity contribution in [1.82, 2.24) is 0 Å². The summed E-state index contributed by atoms with van der Waals surface area (Å²) < 4.78 is 31.9. The predicted molar refractivity (Wildman–Crippen MR) is 84.5 cm³/mol. The third-order valence-electron chi connectivity index (χ3n) is 3.16. The van der Waals surface area contributed by atoms with Gasteiger partial charge in [0.25, 0.3) is 10.0 Å². The lowest BCUT2D eigenvalue weighted by Crippen LogP contribution is -2.16. The molecule has 0 aliphatic carbocycles. The monoisotopic (exact) mass is 319 g/mol. The largest absolute Gasteiger partial charge is 0.465 e. The third-order valence-corrected chi connectivity index (χ3v) is 4.54. The molecule has 6 heteroatoms. The lowest BCUT2D eigenvalue weighted by molar-refractivity contribution is 0.0602. The van der Waals surface area contributed by atoms with E-state index in [0.29, 0.717) is 0 Å². The fraction of sp³-hybridized carbons (Fsp3) is 0.188. The van der Waals surface area contributed by atoms with E-state index in [4.69, 9.17) is 4.74 Å². The fourth-order valence-electron chi connectivity index (χ4n) is 1.95. The van der Waals surface area contributed by atoms with Gasteiger partial charge in [0.2, 0.25) is 0 Å². The first-order valence-corrected chi connectivity index (χ1v) is 8.10. The van der Waals surface area contributed by atoms with Crippen molar-refractivity contribution in [2.45, 2.75) is 18.7 Å². The molecule has 0 aliphatic rings. The quantitative estimate of drug-likeness (QED) is 0.880. The number of hydrogen-bond acceptors (Lipinski definition) is 4. The lowest BCUT2D eigenvalue weighted by Gasteiger charge is -2.12. The van der Waals surface area contributed by atoms with Crippen molar-refractivity contribution in [3.8, 4) is 0 Å². The first kappa shape index (κ1) is 16.0. The van der Waals surface area contributed by atoms with Crippen molar-refractivity contribution in [1.29, 1.82) is 0 Å². The van der Waals surface area contributed by atoms with Crippen LogP contribution in [0.3, 0.4) is 0 Å². The Bertz CT molecular complexity index is 795. The Balaban J connectivity index is 2.41. The minimum atomic E-state index is -3.76. The van der Waals surface area contributed by atoms with Crippen molar-refractivity contribution in [3.63, 3.8) is 0 Å². The predicted octanol–water partition coefficient (Wildman–Crippen LogP) is 2.89. The molecule has 2 rings (SSSR count). The Kier molecular flexibility index (Phi) is 4.51. The van der Waals surface area contributed by atoms with E-state index in [2.05, 4.69) is 4.72 Å². The summed E-state index contributed by atoms with van der Waals surface area (Å²) in [6.07, 6.45) is 0.